The number of rotatable bonds is 6. The van der Waals surface area contributed by atoms with Crippen LogP contribution in [0.2, 0.25) is 10.0 Å². The Balaban J connectivity index is 1.40. The lowest BCUT2D eigenvalue weighted by Gasteiger charge is -2.24. The number of imide groups is 1. The molecule has 0 saturated carbocycles. The number of carbonyl (C=O) groups is 2. The summed E-state index contributed by atoms with van der Waals surface area (Å²) in [6.07, 6.45) is 0. The van der Waals surface area contributed by atoms with E-state index in [1.54, 1.807) is 36.3 Å². The molecule has 2 atom stereocenters. The summed E-state index contributed by atoms with van der Waals surface area (Å²) in [7, 11) is 1.56. The number of thioether (sulfide) groups is 1. The lowest BCUT2D eigenvalue weighted by atomic mass is 10.1. The Morgan fingerprint density at radius 2 is 1.80 bits per heavy atom. The van der Waals surface area contributed by atoms with Crippen LogP contribution in [0.1, 0.15) is 16.5 Å². The summed E-state index contributed by atoms with van der Waals surface area (Å²) in [6.45, 7) is 0.186. The number of amides is 3. The van der Waals surface area contributed by atoms with Gasteiger partial charge in [0, 0.05) is 11.3 Å². The van der Waals surface area contributed by atoms with Crippen molar-refractivity contribution < 1.29 is 23.5 Å². The number of carbonyl (C=O) groups excluding carboxylic acids is 2. The van der Waals surface area contributed by atoms with Crippen LogP contribution in [0.4, 0.5) is 14.9 Å². The quantitative estimate of drug-likeness (QED) is 0.348. The van der Waals surface area contributed by atoms with E-state index in [0.717, 1.165) is 16.0 Å². The van der Waals surface area contributed by atoms with Crippen LogP contribution >= 0.6 is 35.0 Å². The van der Waals surface area contributed by atoms with Gasteiger partial charge in [0.05, 0.1) is 22.8 Å². The van der Waals surface area contributed by atoms with Crippen molar-refractivity contribution in [2.75, 3.05) is 17.8 Å². The summed E-state index contributed by atoms with van der Waals surface area (Å²) in [6, 6.07) is 15.0. The van der Waals surface area contributed by atoms with Gasteiger partial charge >= 0.3 is 6.03 Å². The third kappa shape index (κ3) is 4.42. The number of nitrogens with zero attached hydrogens (tertiary/aromatic N) is 2. The molecule has 2 saturated heterocycles. The fraction of sp³-hybridized carbons (Fsp3) is 0.200. The maximum Gasteiger partial charge on any atom is 0.333 e. The normalized spacial score (nSPS) is 19.3. The maximum absolute atomic E-state index is 13.4. The Bertz CT molecular complexity index is 1310. The second-order valence-corrected chi connectivity index (χ2v) is 9.90. The van der Waals surface area contributed by atoms with E-state index in [0.29, 0.717) is 28.0 Å². The van der Waals surface area contributed by atoms with Crippen LogP contribution in [0.5, 0.6) is 11.5 Å². The minimum atomic E-state index is -0.576. The molecule has 180 valence electrons. The monoisotopic (exact) mass is 532 g/mol. The van der Waals surface area contributed by atoms with E-state index in [9.17, 15) is 14.0 Å². The van der Waals surface area contributed by atoms with E-state index < -0.39 is 12.1 Å². The lowest BCUT2D eigenvalue weighted by Crippen LogP contribution is -2.33. The second-order valence-electron chi connectivity index (χ2n) is 7.98. The summed E-state index contributed by atoms with van der Waals surface area (Å²) in [5.41, 5.74) is 1.99. The molecule has 6 nitrogen and oxygen atoms in total. The SMILES string of the molecule is COc1ccc(C2SCC3C(=O)N(c4ccc(Cl)c(Cl)c4)C(=O)N32)cc1COc1ccc(F)cc1. The molecule has 0 bridgehead atoms. The number of methoxy groups -OCH3 is 1. The van der Waals surface area contributed by atoms with Crippen LogP contribution < -0.4 is 14.4 Å². The van der Waals surface area contributed by atoms with Gasteiger partial charge in [0.25, 0.3) is 5.91 Å². The Morgan fingerprint density at radius 1 is 1.03 bits per heavy atom. The van der Waals surface area contributed by atoms with Crippen LogP contribution in [0.25, 0.3) is 0 Å². The average Bonchev–Trinajstić information content (AvgIpc) is 3.40. The van der Waals surface area contributed by atoms with Crippen LogP contribution in [-0.2, 0) is 11.4 Å². The summed E-state index contributed by atoms with van der Waals surface area (Å²) in [4.78, 5) is 29.3. The molecule has 2 aliphatic heterocycles. The Morgan fingerprint density at radius 3 is 2.51 bits per heavy atom. The number of hydrogen-bond donors (Lipinski definition) is 0. The molecule has 0 spiro atoms. The highest BCUT2D eigenvalue weighted by Crippen LogP contribution is 2.47. The minimum Gasteiger partial charge on any atom is -0.496 e. The fourth-order valence-corrected chi connectivity index (χ4v) is 5.86. The number of urea groups is 1. The van der Waals surface area contributed by atoms with Gasteiger partial charge in [0.15, 0.2) is 0 Å². The van der Waals surface area contributed by atoms with Gasteiger partial charge in [-0.15, -0.1) is 11.8 Å². The summed E-state index contributed by atoms with van der Waals surface area (Å²) >= 11 is 13.6. The van der Waals surface area contributed by atoms with Crippen molar-refractivity contribution in [3.8, 4) is 11.5 Å². The first-order valence-corrected chi connectivity index (χ1v) is 12.5. The number of ether oxygens (including phenoxy) is 2. The van der Waals surface area contributed by atoms with Crippen molar-refractivity contribution in [2.45, 2.75) is 18.0 Å². The van der Waals surface area contributed by atoms with E-state index in [4.69, 9.17) is 32.7 Å². The number of benzene rings is 3. The molecule has 0 aliphatic carbocycles. The predicted octanol–water partition coefficient (Wildman–Crippen LogP) is 6.30. The van der Waals surface area contributed by atoms with Gasteiger partial charge in [-0.25, -0.2) is 14.1 Å². The third-order valence-electron chi connectivity index (χ3n) is 5.88. The average molecular weight is 533 g/mol. The molecule has 0 aromatic heterocycles. The first kappa shape index (κ1) is 23.8. The van der Waals surface area contributed by atoms with E-state index in [1.165, 1.54) is 30.0 Å². The number of fused-ring (bicyclic) bond motifs is 1. The Kier molecular flexibility index (Phi) is 6.53. The van der Waals surface area contributed by atoms with Crippen molar-refractivity contribution in [3.63, 3.8) is 0 Å². The molecular weight excluding hydrogens is 514 g/mol. The third-order valence-corrected chi connectivity index (χ3v) is 7.94. The zero-order chi connectivity index (χ0) is 24.7. The van der Waals surface area contributed by atoms with Gasteiger partial charge in [-0.1, -0.05) is 29.3 Å². The lowest BCUT2D eigenvalue weighted by molar-refractivity contribution is -0.119. The molecule has 3 aromatic carbocycles. The molecule has 2 unspecified atom stereocenters. The van der Waals surface area contributed by atoms with Crippen LogP contribution in [0.15, 0.2) is 60.7 Å². The van der Waals surface area contributed by atoms with Gasteiger partial charge in [-0.2, -0.15) is 0 Å². The van der Waals surface area contributed by atoms with Crippen molar-refractivity contribution in [2.24, 2.45) is 0 Å². The van der Waals surface area contributed by atoms with Crippen molar-refractivity contribution in [3.05, 3.63) is 87.7 Å². The van der Waals surface area contributed by atoms with Crippen molar-refractivity contribution >= 4 is 52.6 Å². The molecule has 2 heterocycles. The molecule has 3 aromatic rings. The van der Waals surface area contributed by atoms with Gasteiger partial charge in [-0.05, 0) is 60.2 Å². The molecule has 2 aliphatic rings. The highest BCUT2D eigenvalue weighted by molar-refractivity contribution is 7.99. The molecule has 35 heavy (non-hydrogen) atoms. The number of anilines is 1. The Labute approximate surface area is 215 Å². The topological polar surface area (TPSA) is 59.1 Å². The van der Waals surface area contributed by atoms with E-state index in [-0.39, 0.29) is 28.7 Å². The van der Waals surface area contributed by atoms with Crippen LogP contribution in [0.3, 0.4) is 0 Å². The first-order chi connectivity index (χ1) is 16.9. The first-order valence-electron chi connectivity index (χ1n) is 10.7. The highest BCUT2D eigenvalue weighted by atomic mass is 35.5. The molecule has 3 amide bonds. The zero-order valence-corrected chi connectivity index (χ0v) is 20.7. The molecule has 5 rings (SSSR count). The van der Waals surface area contributed by atoms with Gasteiger partial charge in [0.1, 0.15) is 35.3 Å². The maximum atomic E-state index is 13.4. The molecule has 0 N–H and O–H groups in total. The van der Waals surface area contributed by atoms with Crippen LogP contribution in [0, 0.1) is 5.82 Å². The second kappa shape index (κ2) is 9.60. The minimum absolute atomic E-state index is 0.186. The smallest absolute Gasteiger partial charge is 0.333 e. The number of halogens is 3. The largest absolute Gasteiger partial charge is 0.496 e. The Hall–Kier alpha value is -2.94. The molecular formula is C25H19Cl2FN2O4S. The van der Waals surface area contributed by atoms with Gasteiger partial charge < -0.3 is 9.47 Å². The summed E-state index contributed by atoms with van der Waals surface area (Å²) in [5.74, 6) is 0.977. The fourth-order valence-electron chi connectivity index (χ4n) is 4.16. The molecule has 10 heteroatoms. The van der Waals surface area contributed by atoms with Crippen molar-refractivity contribution in [1.82, 2.24) is 4.90 Å². The van der Waals surface area contributed by atoms with E-state index in [2.05, 4.69) is 0 Å². The van der Waals surface area contributed by atoms with Crippen LogP contribution in [-0.4, -0.2) is 35.7 Å². The van der Waals surface area contributed by atoms with Crippen molar-refractivity contribution in [1.29, 1.82) is 0 Å². The van der Waals surface area contributed by atoms with Gasteiger partial charge in [0.2, 0.25) is 0 Å². The molecule has 2 fully saturated rings. The highest BCUT2D eigenvalue weighted by Gasteiger charge is 2.53. The van der Waals surface area contributed by atoms with E-state index >= 15 is 0 Å². The zero-order valence-electron chi connectivity index (χ0n) is 18.4. The van der Waals surface area contributed by atoms with E-state index in [1.807, 2.05) is 18.2 Å². The predicted molar refractivity (Wildman–Crippen MR) is 134 cm³/mol. The summed E-state index contributed by atoms with van der Waals surface area (Å²) in [5, 5.41) is 0.250. The van der Waals surface area contributed by atoms with Gasteiger partial charge in [-0.3, -0.25) is 9.69 Å². The number of hydrogen-bond acceptors (Lipinski definition) is 5. The molecule has 0 radical (unpaired) electrons. The standard InChI is InChI=1S/C25H19Cl2FN2O4S/c1-33-22-9-2-14(10-15(22)12-34-18-6-3-16(28)4-7-18)24-30-21(13-35-24)23(31)29(25(30)32)17-5-8-19(26)20(27)11-17/h2-11,21,24H,12-13H2,1H3. The summed E-state index contributed by atoms with van der Waals surface area (Å²) < 4.78 is 24.5.